The van der Waals surface area contributed by atoms with E-state index >= 15 is 0 Å². The molecule has 0 aliphatic carbocycles. The predicted octanol–water partition coefficient (Wildman–Crippen LogP) is 4.55. The molecular formula is C26H26N4O2. The zero-order valence-electron chi connectivity index (χ0n) is 18.3. The Morgan fingerprint density at radius 2 is 1.81 bits per heavy atom. The summed E-state index contributed by atoms with van der Waals surface area (Å²) >= 11 is 0. The van der Waals surface area contributed by atoms with Crippen molar-refractivity contribution in [2.45, 2.75) is 26.6 Å². The molecule has 6 heteroatoms. The molecule has 32 heavy (non-hydrogen) atoms. The van der Waals surface area contributed by atoms with Crippen molar-refractivity contribution < 1.29 is 9.53 Å². The first-order valence-corrected chi connectivity index (χ1v) is 10.5. The molecule has 6 nitrogen and oxygen atoms in total. The zero-order valence-corrected chi connectivity index (χ0v) is 18.3. The first kappa shape index (κ1) is 21.3. The van der Waals surface area contributed by atoms with Gasteiger partial charge in [-0.2, -0.15) is 0 Å². The van der Waals surface area contributed by atoms with Crippen molar-refractivity contribution in [3.63, 3.8) is 0 Å². The summed E-state index contributed by atoms with van der Waals surface area (Å²) in [5, 5.41) is 0. The van der Waals surface area contributed by atoms with E-state index in [1.807, 2.05) is 71.2 Å². The highest BCUT2D eigenvalue weighted by Gasteiger charge is 2.18. The molecule has 0 N–H and O–H groups in total. The molecule has 0 aliphatic heterocycles. The van der Waals surface area contributed by atoms with Crippen molar-refractivity contribution >= 4 is 5.91 Å². The number of carbonyl (C=O) groups excluding carboxylic acids is 1. The lowest BCUT2D eigenvalue weighted by molar-refractivity contribution is 0.0729. The van der Waals surface area contributed by atoms with E-state index in [1.54, 1.807) is 18.6 Å². The van der Waals surface area contributed by atoms with Crippen LogP contribution < -0.4 is 4.74 Å². The van der Waals surface area contributed by atoms with E-state index in [1.165, 1.54) is 0 Å². The third kappa shape index (κ3) is 5.21. The summed E-state index contributed by atoms with van der Waals surface area (Å²) < 4.78 is 7.73. The number of carbonyl (C=O) groups is 1. The van der Waals surface area contributed by atoms with Gasteiger partial charge in [0.25, 0.3) is 5.91 Å². The van der Waals surface area contributed by atoms with Gasteiger partial charge in [-0.1, -0.05) is 30.3 Å². The summed E-state index contributed by atoms with van der Waals surface area (Å²) in [5.74, 6) is 1.50. The molecular weight excluding hydrogens is 400 g/mol. The molecule has 4 aromatic rings. The fourth-order valence-corrected chi connectivity index (χ4v) is 3.46. The number of aromatic nitrogens is 3. The van der Waals surface area contributed by atoms with Gasteiger partial charge in [0.1, 0.15) is 18.2 Å². The Bertz CT molecular complexity index is 1170. The molecule has 0 aliphatic rings. The maximum atomic E-state index is 13.4. The monoisotopic (exact) mass is 426 g/mol. The van der Waals surface area contributed by atoms with Crippen LogP contribution in [0.1, 0.15) is 32.9 Å². The van der Waals surface area contributed by atoms with Crippen molar-refractivity contribution in [3.05, 3.63) is 114 Å². The second-order valence-electron chi connectivity index (χ2n) is 7.72. The summed E-state index contributed by atoms with van der Waals surface area (Å²) in [5.41, 5.74) is 3.89. The summed E-state index contributed by atoms with van der Waals surface area (Å²) in [6.45, 7) is 3.45. The molecule has 0 unspecified atom stereocenters. The van der Waals surface area contributed by atoms with Gasteiger partial charge in [-0.25, -0.2) is 4.98 Å². The van der Waals surface area contributed by atoms with E-state index in [-0.39, 0.29) is 5.91 Å². The second-order valence-corrected chi connectivity index (χ2v) is 7.72. The quantitative estimate of drug-likeness (QED) is 0.415. The van der Waals surface area contributed by atoms with Crippen LogP contribution in [0.5, 0.6) is 5.75 Å². The van der Waals surface area contributed by atoms with E-state index in [9.17, 15) is 4.79 Å². The second kappa shape index (κ2) is 9.92. The molecule has 0 fully saturated rings. The Hall–Kier alpha value is -3.93. The molecule has 0 radical (unpaired) electrons. The van der Waals surface area contributed by atoms with Crippen molar-refractivity contribution in [1.82, 2.24) is 19.4 Å². The summed E-state index contributed by atoms with van der Waals surface area (Å²) in [6, 6.07) is 19.3. The molecule has 0 bridgehead atoms. The highest BCUT2D eigenvalue weighted by Crippen LogP contribution is 2.19. The lowest BCUT2D eigenvalue weighted by atomic mass is 10.1. The van der Waals surface area contributed by atoms with E-state index in [2.05, 4.69) is 29.0 Å². The first-order chi connectivity index (χ1) is 15.6. The van der Waals surface area contributed by atoms with Crippen LogP contribution in [-0.2, 0) is 26.7 Å². The smallest absolute Gasteiger partial charge is 0.254 e. The molecule has 2 heterocycles. The lowest BCUT2D eigenvalue weighted by Crippen LogP contribution is -2.30. The van der Waals surface area contributed by atoms with E-state index in [0.717, 1.165) is 22.5 Å². The van der Waals surface area contributed by atoms with Crippen LogP contribution in [0.4, 0.5) is 0 Å². The Morgan fingerprint density at radius 1 is 1.00 bits per heavy atom. The van der Waals surface area contributed by atoms with Gasteiger partial charge in [-0.3, -0.25) is 9.78 Å². The minimum atomic E-state index is -0.0345. The largest absolute Gasteiger partial charge is 0.486 e. The van der Waals surface area contributed by atoms with Gasteiger partial charge in [-0.05, 0) is 53.9 Å². The van der Waals surface area contributed by atoms with Crippen LogP contribution in [-0.4, -0.2) is 25.3 Å². The summed E-state index contributed by atoms with van der Waals surface area (Å²) in [7, 11) is 1.93. The molecule has 4 rings (SSSR count). The number of hydrogen-bond acceptors (Lipinski definition) is 4. The fraction of sp³-hybridized carbons (Fsp3) is 0.192. The van der Waals surface area contributed by atoms with Crippen molar-refractivity contribution in [1.29, 1.82) is 0 Å². The topological polar surface area (TPSA) is 60.3 Å². The molecule has 0 saturated carbocycles. The lowest BCUT2D eigenvalue weighted by Gasteiger charge is -2.24. The van der Waals surface area contributed by atoms with Gasteiger partial charge >= 0.3 is 0 Å². The molecule has 2 aromatic heterocycles. The van der Waals surface area contributed by atoms with Gasteiger partial charge in [0.05, 0.1) is 0 Å². The zero-order chi connectivity index (χ0) is 22.3. The van der Waals surface area contributed by atoms with Gasteiger partial charge in [0.2, 0.25) is 0 Å². The van der Waals surface area contributed by atoms with E-state index in [4.69, 9.17) is 4.74 Å². The third-order valence-corrected chi connectivity index (χ3v) is 5.40. The van der Waals surface area contributed by atoms with Crippen molar-refractivity contribution in [3.8, 4) is 5.75 Å². The highest BCUT2D eigenvalue weighted by molar-refractivity contribution is 5.94. The Morgan fingerprint density at radius 3 is 2.50 bits per heavy atom. The van der Waals surface area contributed by atoms with Gasteiger partial charge in [0.15, 0.2) is 0 Å². The maximum absolute atomic E-state index is 13.4. The van der Waals surface area contributed by atoms with Crippen LogP contribution in [0.25, 0.3) is 0 Å². The SMILES string of the molecule is Cc1ccccc1CN(Cc1cccnc1)C(=O)c1ccc(OCc2nccn2C)cc1. The molecule has 162 valence electrons. The normalized spacial score (nSPS) is 10.7. The number of nitrogens with zero attached hydrogens (tertiary/aromatic N) is 4. The van der Waals surface area contributed by atoms with Gasteiger partial charge in [-0.15, -0.1) is 0 Å². The summed E-state index contributed by atoms with van der Waals surface area (Å²) in [6.07, 6.45) is 7.16. The molecule has 0 spiro atoms. The average molecular weight is 427 g/mol. The third-order valence-electron chi connectivity index (χ3n) is 5.40. The minimum Gasteiger partial charge on any atom is -0.486 e. The fourth-order valence-electron chi connectivity index (χ4n) is 3.46. The molecule has 1 amide bonds. The van der Waals surface area contributed by atoms with Crippen molar-refractivity contribution in [2.75, 3.05) is 0 Å². The Kier molecular flexibility index (Phi) is 6.60. The molecule has 2 aromatic carbocycles. The first-order valence-electron chi connectivity index (χ1n) is 10.5. The van der Waals surface area contributed by atoms with Crippen molar-refractivity contribution in [2.24, 2.45) is 7.05 Å². The van der Waals surface area contributed by atoms with Crippen LogP contribution in [0.15, 0.2) is 85.5 Å². The predicted molar refractivity (Wildman–Crippen MR) is 123 cm³/mol. The Labute approximate surface area is 188 Å². The number of pyridine rings is 1. The maximum Gasteiger partial charge on any atom is 0.254 e. The summed E-state index contributed by atoms with van der Waals surface area (Å²) in [4.78, 5) is 23.7. The Balaban J connectivity index is 1.50. The number of ether oxygens (including phenoxy) is 1. The number of amides is 1. The van der Waals surface area contributed by atoms with Crippen LogP contribution >= 0.6 is 0 Å². The van der Waals surface area contributed by atoms with Gasteiger partial charge in [0, 0.05) is 50.5 Å². The number of hydrogen-bond donors (Lipinski definition) is 0. The molecule has 0 saturated heterocycles. The highest BCUT2D eigenvalue weighted by atomic mass is 16.5. The average Bonchev–Trinajstić information content (AvgIpc) is 3.24. The van der Waals surface area contributed by atoms with Crippen LogP contribution in [0.3, 0.4) is 0 Å². The number of imidazole rings is 1. The molecule has 0 atom stereocenters. The van der Waals surface area contributed by atoms with E-state index < -0.39 is 0 Å². The number of aryl methyl sites for hydroxylation is 2. The number of rotatable bonds is 8. The van der Waals surface area contributed by atoms with Crippen LogP contribution in [0.2, 0.25) is 0 Å². The standard InChI is InChI=1S/C26H26N4O2/c1-20-6-3-4-8-23(20)18-30(17-21-7-5-13-27-16-21)26(31)22-9-11-24(12-10-22)32-19-25-28-14-15-29(25)2/h3-16H,17-19H2,1-2H3. The van der Waals surface area contributed by atoms with Crippen LogP contribution in [0, 0.1) is 6.92 Å². The van der Waals surface area contributed by atoms with Gasteiger partial charge < -0.3 is 14.2 Å². The van der Waals surface area contributed by atoms with E-state index in [0.29, 0.717) is 31.0 Å². The number of benzene rings is 2. The minimum absolute atomic E-state index is 0.0345.